The Labute approximate surface area is 173 Å². The van der Waals surface area contributed by atoms with Crippen molar-refractivity contribution >= 4 is 23.4 Å². The van der Waals surface area contributed by atoms with Crippen LogP contribution in [0.3, 0.4) is 0 Å². The van der Waals surface area contributed by atoms with E-state index in [1.807, 2.05) is 18.2 Å². The molecule has 1 aromatic rings. The Kier molecular flexibility index (Phi) is 15.1. The Balaban J connectivity index is 0.00000625. The van der Waals surface area contributed by atoms with Gasteiger partial charge in [-0.3, -0.25) is 0 Å². The number of carboxylic acids is 1. The molecule has 0 radical (unpaired) electrons. The Morgan fingerprint density at radius 2 is 1.81 bits per heavy atom. The molecule has 0 aromatic carbocycles. The van der Waals surface area contributed by atoms with Crippen molar-refractivity contribution < 1.29 is 39.0 Å². The molecule has 0 aliphatic rings. The van der Waals surface area contributed by atoms with Crippen molar-refractivity contribution in [3.8, 4) is 0 Å². The van der Waals surface area contributed by atoms with Gasteiger partial charge in [0, 0.05) is 15.7 Å². The summed E-state index contributed by atoms with van der Waals surface area (Å²) < 4.78 is 0. The molecule has 0 spiro atoms. The quantitative estimate of drug-likeness (QED) is 0.373. The summed E-state index contributed by atoms with van der Waals surface area (Å²) in [6.45, 7) is 2.21. The molecular formula is C20H31LiO4S. The van der Waals surface area contributed by atoms with Crippen molar-refractivity contribution in [1.29, 1.82) is 0 Å². The van der Waals surface area contributed by atoms with E-state index in [4.69, 9.17) is 0 Å². The monoisotopic (exact) mass is 374 g/mol. The van der Waals surface area contributed by atoms with E-state index in [1.165, 1.54) is 43.4 Å². The normalized spacial score (nSPS) is 13.5. The van der Waals surface area contributed by atoms with Crippen molar-refractivity contribution in [3.05, 3.63) is 28.0 Å². The molecule has 0 saturated carbocycles. The van der Waals surface area contributed by atoms with Gasteiger partial charge in [-0.15, -0.1) is 11.3 Å². The largest absolute Gasteiger partial charge is 1.00 e. The van der Waals surface area contributed by atoms with E-state index in [0.717, 1.165) is 22.6 Å². The second-order valence-corrected chi connectivity index (χ2v) is 7.65. The molecular weight excluding hydrogens is 343 g/mol. The smallest absolute Gasteiger partial charge is 0.550 e. The molecule has 0 amide bonds. The van der Waals surface area contributed by atoms with Crippen LogP contribution in [0.25, 0.3) is 6.08 Å². The Morgan fingerprint density at radius 1 is 1.12 bits per heavy atom. The molecule has 2 N–H and O–H groups in total. The van der Waals surface area contributed by atoms with Crippen molar-refractivity contribution in [3.63, 3.8) is 0 Å². The first-order chi connectivity index (χ1) is 12.0. The first-order valence-corrected chi connectivity index (χ1v) is 10.2. The van der Waals surface area contributed by atoms with Gasteiger partial charge in [0.15, 0.2) is 0 Å². The second kappa shape index (κ2) is 15.5. The molecule has 0 saturated heterocycles. The van der Waals surface area contributed by atoms with Crippen molar-refractivity contribution in [2.75, 3.05) is 0 Å². The molecule has 1 aromatic heterocycles. The Morgan fingerprint density at radius 3 is 2.50 bits per heavy atom. The average Bonchev–Trinajstić information content (AvgIpc) is 3.05. The van der Waals surface area contributed by atoms with Crippen molar-refractivity contribution in [1.82, 2.24) is 0 Å². The third kappa shape index (κ3) is 11.9. The van der Waals surface area contributed by atoms with Gasteiger partial charge in [-0.2, -0.15) is 0 Å². The van der Waals surface area contributed by atoms with Crippen LogP contribution in [0.4, 0.5) is 0 Å². The first kappa shape index (κ1) is 25.4. The molecule has 1 heterocycles. The van der Waals surface area contributed by atoms with Gasteiger partial charge >= 0.3 is 18.9 Å². The molecule has 1 rings (SSSR count). The third-order valence-electron chi connectivity index (χ3n) is 4.17. The molecule has 0 fully saturated rings. The van der Waals surface area contributed by atoms with E-state index in [2.05, 4.69) is 6.92 Å². The van der Waals surface area contributed by atoms with Gasteiger partial charge < -0.3 is 20.1 Å². The molecule has 0 aliphatic heterocycles. The average molecular weight is 374 g/mol. The number of aliphatic hydroxyl groups is 2. The van der Waals surface area contributed by atoms with Gasteiger partial charge in [0.2, 0.25) is 0 Å². The minimum absolute atomic E-state index is 0. The summed E-state index contributed by atoms with van der Waals surface area (Å²) in [7, 11) is 0. The zero-order chi connectivity index (χ0) is 18.5. The van der Waals surface area contributed by atoms with E-state index in [-0.39, 0.29) is 25.3 Å². The van der Waals surface area contributed by atoms with E-state index in [9.17, 15) is 20.1 Å². The third-order valence-corrected chi connectivity index (χ3v) is 5.32. The molecule has 0 bridgehead atoms. The second-order valence-electron chi connectivity index (χ2n) is 6.50. The molecule has 2 atom stereocenters. The van der Waals surface area contributed by atoms with Gasteiger partial charge in [0.25, 0.3) is 0 Å². The molecule has 6 heteroatoms. The summed E-state index contributed by atoms with van der Waals surface area (Å²) in [6.07, 6.45) is 11.3. The molecule has 2 unspecified atom stereocenters. The summed E-state index contributed by atoms with van der Waals surface area (Å²) >= 11 is 1.53. The zero-order valence-corrected chi connectivity index (χ0v) is 17.0. The van der Waals surface area contributed by atoms with Crippen LogP contribution in [0.15, 0.2) is 18.2 Å². The number of carboxylic acid groups (broad SMARTS) is 1. The minimum Gasteiger partial charge on any atom is -0.550 e. The summed E-state index contributed by atoms with van der Waals surface area (Å²) in [5, 5.41) is 30.4. The SMILES string of the molecule is CCCCCCCCC(O)c1ccc(/C=C\C(O)CCCC(=O)[O-])s1.[Li+]. The predicted octanol–water partition coefficient (Wildman–Crippen LogP) is 0.830. The first-order valence-electron chi connectivity index (χ1n) is 9.36. The Hall–Kier alpha value is -0.573. The van der Waals surface area contributed by atoms with E-state index >= 15 is 0 Å². The van der Waals surface area contributed by atoms with Gasteiger partial charge in [0.1, 0.15) is 0 Å². The van der Waals surface area contributed by atoms with Gasteiger partial charge in [-0.1, -0.05) is 51.5 Å². The minimum atomic E-state index is -1.08. The maximum atomic E-state index is 10.3. The predicted molar refractivity (Wildman–Crippen MR) is 101 cm³/mol. The maximum absolute atomic E-state index is 10.3. The van der Waals surface area contributed by atoms with E-state index in [1.54, 1.807) is 6.08 Å². The van der Waals surface area contributed by atoms with Crippen LogP contribution >= 0.6 is 11.3 Å². The van der Waals surface area contributed by atoms with Crippen LogP contribution in [0, 0.1) is 0 Å². The topological polar surface area (TPSA) is 80.6 Å². The number of unbranched alkanes of at least 4 members (excludes halogenated alkanes) is 5. The number of hydrogen-bond donors (Lipinski definition) is 2. The number of carbonyl (C=O) groups is 1. The number of aliphatic carboxylic acids is 1. The van der Waals surface area contributed by atoms with Gasteiger partial charge in [0.05, 0.1) is 12.2 Å². The van der Waals surface area contributed by atoms with Crippen LogP contribution in [0.5, 0.6) is 0 Å². The van der Waals surface area contributed by atoms with E-state index in [0.29, 0.717) is 12.8 Å². The number of aliphatic hydroxyl groups excluding tert-OH is 2. The zero-order valence-electron chi connectivity index (χ0n) is 16.2. The maximum Gasteiger partial charge on any atom is 1.00 e. The van der Waals surface area contributed by atoms with Crippen molar-refractivity contribution in [2.24, 2.45) is 0 Å². The number of hydrogen-bond acceptors (Lipinski definition) is 5. The molecule has 142 valence electrons. The summed E-state index contributed by atoms with van der Waals surface area (Å²) in [4.78, 5) is 12.3. The van der Waals surface area contributed by atoms with Crippen LogP contribution in [-0.4, -0.2) is 22.3 Å². The Bertz CT molecular complexity index is 516. The fourth-order valence-electron chi connectivity index (χ4n) is 2.66. The molecule has 4 nitrogen and oxygen atoms in total. The van der Waals surface area contributed by atoms with Crippen LogP contribution < -0.4 is 24.0 Å². The number of rotatable bonds is 14. The summed E-state index contributed by atoms with van der Waals surface area (Å²) in [6, 6.07) is 3.88. The van der Waals surface area contributed by atoms with Crippen LogP contribution in [0.2, 0.25) is 0 Å². The van der Waals surface area contributed by atoms with Crippen LogP contribution in [0.1, 0.15) is 87.0 Å². The van der Waals surface area contributed by atoms with Gasteiger partial charge in [-0.25, -0.2) is 0 Å². The summed E-state index contributed by atoms with van der Waals surface area (Å²) in [5.41, 5.74) is 0. The van der Waals surface area contributed by atoms with Crippen molar-refractivity contribution in [2.45, 2.75) is 83.3 Å². The standard InChI is InChI=1S/C20H32O4S.Li/c1-2-3-4-5-6-7-10-18(22)19-15-14-17(25-19)13-12-16(21)9-8-11-20(23)24;/h12-16,18,21-22H,2-11H2,1H3,(H,23,24);/q;+1/p-1/b13-12-;. The molecule has 0 aliphatic carbocycles. The molecule has 26 heavy (non-hydrogen) atoms. The summed E-state index contributed by atoms with van der Waals surface area (Å²) in [5.74, 6) is -1.08. The van der Waals surface area contributed by atoms with E-state index < -0.39 is 18.2 Å². The number of thiophene rings is 1. The van der Waals surface area contributed by atoms with Crippen LogP contribution in [-0.2, 0) is 4.79 Å². The number of carbonyl (C=O) groups excluding carboxylic acids is 1. The fraction of sp³-hybridized carbons (Fsp3) is 0.650. The van der Waals surface area contributed by atoms with Gasteiger partial charge in [-0.05, 0) is 43.9 Å². The fourth-order valence-corrected chi connectivity index (χ4v) is 3.60.